The van der Waals surface area contributed by atoms with E-state index in [2.05, 4.69) is 5.32 Å². The first kappa shape index (κ1) is 20.7. The second kappa shape index (κ2) is 9.87. The Morgan fingerprint density at radius 2 is 2.08 bits per heavy atom. The molecule has 1 amide bonds. The van der Waals surface area contributed by atoms with Crippen LogP contribution in [0.15, 0.2) is 18.2 Å². The number of carbonyl (C=O) groups excluding carboxylic acids is 1. The highest BCUT2D eigenvalue weighted by molar-refractivity contribution is 5.95. The van der Waals surface area contributed by atoms with Crippen LogP contribution < -0.4 is 15.8 Å². The van der Waals surface area contributed by atoms with Crippen molar-refractivity contribution in [2.75, 3.05) is 18.5 Å². The summed E-state index contributed by atoms with van der Waals surface area (Å²) in [7, 11) is 0. The Morgan fingerprint density at radius 1 is 1.42 bits per heavy atom. The van der Waals surface area contributed by atoms with Gasteiger partial charge < -0.3 is 20.5 Å². The Labute approximate surface area is 150 Å². The normalized spacial score (nSPS) is 17.5. The molecule has 3 N–H and O–H groups in total. The van der Waals surface area contributed by atoms with E-state index < -0.39 is 6.04 Å². The maximum absolute atomic E-state index is 12.1. The largest absolute Gasteiger partial charge is 0.490 e. The van der Waals surface area contributed by atoms with Crippen molar-refractivity contribution in [2.45, 2.75) is 52.2 Å². The van der Waals surface area contributed by atoms with Gasteiger partial charge in [0, 0.05) is 18.5 Å². The molecule has 1 fully saturated rings. The van der Waals surface area contributed by atoms with Crippen molar-refractivity contribution in [1.29, 1.82) is 0 Å². The van der Waals surface area contributed by atoms with Crippen molar-refractivity contribution in [3.63, 3.8) is 0 Å². The van der Waals surface area contributed by atoms with Gasteiger partial charge >= 0.3 is 0 Å². The summed E-state index contributed by atoms with van der Waals surface area (Å²) in [6.45, 7) is 7.51. The number of carbonyl (C=O) groups is 1. The van der Waals surface area contributed by atoms with E-state index >= 15 is 0 Å². The second-order valence-electron chi connectivity index (χ2n) is 6.31. The van der Waals surface area contributed by atoms with Crippen LogP contribution in [0.3, 0.4) is 0 Å². The molecule has 0 bridgehead atoms. The fraction of sp³-hybridized carbons (Fsp3) is 0.611. The predicted octanol–water partition coefficient (Wildman–Crippen LogP) is 3.29. The number of nitrogens with two attached hydrogens (primary N) is 1. The molecule has 5 nitrogen and oxygen atoms in total. The molecule has 1 aliphatic heterocycles. The standard InChI is InChI=1S/C18H28N2O3.ClH/c1-4-12(2)17(19)18(21)20-14-5-6-16(13(3)11-14)23-15-7-9-22-10-8-15;/h5-6,11-12,15,17H,4,7-10,19H2,1-3H3,(H,20,21);1H. The fourth-order valence-electron chi connectivity index (χ4n) is 2.57. The van der Waals surface area contributed by atoms with Gasteiger partial charge in [-0.15, -0.1) is 12.4 Å². The number of aryl methyl sites for hydroxylation is 1. The summed E-state index contributed by atoms with van der Waals surface area (Å²) in [5.41, 5.74) is 7.72. The van der Waals surface area contributed by atoms with Gasteiger partial charge in [-0.1, -0.05) is 20.3 Å². The quantitative estimate of drug-likeness (QED) is 0.820. The molecule has 1 aromatic rings. The molecule has 0 saturated carbocycles. The van der Waals surface area contributed by atoms with Crippen molar-refractivity contribution >= 4 is 24.0 Å². The first-order valence-corrected chi connectivity index (χ1v) is 8.42. The topological polar surface area (TPSA) is 73.6 Å². The van der Waals surface area contributed by atoms with Crippen molar-refractivity contribution in [2.24, 2.45) is 11.7 Å². The number of halogens is 1. The summed E-state index contributed by atoms with van der Waals surface area (Å²) in [6.07, 6.45) is 2.93. The summed E-state index contributed by atoms with van der Waals surface area (Å²) in [5.74, 6) is 0.880. The molecule has 1 aliphatic rings. The van der Waals surface area contributed by atoms with Crippen LogP contribution in [0.4, 0.5) is 5.69 Å². The number of hydrogen-bond donors (Lipinski definition) is 2. The van der Waals surface area contributed by atoms with Gasteiger partial charge in [0.15, 0.2) is 0 Å². The highest BCUT2D eigenvalue weighted by Crippen LogP contribution is 2.25. The van der Waals surface area contributed by atoms with Crippen molar-refractivity contribution < 1.29 is 14.3 Å². The fourth-order valence-corrected chi connectivity index (χ4v) is 2.57. The minimum absolute atomic E-state index is 0. The lowest BCUT2D eigenvalue weighted by Gasteiger charge is -2.24. The smallest absolute Gasteiger partial charge is 0.241 e. The summed E-state index contributed by atoms with van der Waals surface area (Å²) < 4.78 is 11.4. The zero-order valence-corrected chi connectivity index (χ0v) is 15.5. The van der Waals surface area contributed by atoms with E-state index in [0.717, 1.165) is 49.5 Å². The van der Waals surface area contributed by atoms with Crippen LogP contribution in [0.5, 0.6) is 5.75 Å². The second-order valence-corrected chi connectivity index (χ2v) is 6.31. The van der Waals surface area contributed by atoms with Crippen LogP contribution in [0.2, 0.25) is 0 Å². The van der Waals surface area contributed by atoms with E-state index in [1.807, 2.05) is 39.0 Å². The summed E-state index contributed by atoms with van der Waals surface area (Å²) in [6, 6.07) is 5.21. The molecule has 2 atom stereocenters. The summed E-state index contributed by atoms with van der Waals surface area (Å²) in [5, 5.41) is 2.89. The number of nitrogens with one attached hydrogen (secondary N) is 1. The predicted molar refractivity (Wildman–Crippen MR) is 99.0 cm³/mol. The van der Waals surface area contributed by atoms with E-state index in [4.69, 9.17) is 15.2 Å². The van der Waals surface area contributed by atoms with Crippen LogP contribution in [0.25, 0.3) is 0 Å². The minimum atomic E-state index is -0.488. The van der Waals surface area contributed by atoms with E-state index in [1.165, 1.54) is 0 Å². The first-order chi connectivity index (χ1) is 11.0. The zero-order chi connectivity index (χ0) is 16.8. The average molecular weight is 357 g/mol. The molecule has 1 heterocycles. The molecule has 1 saturated heterocycles. The molecular weight excluding hydrogens is 328 g/mol. The number of rotatable bonds is 6. The van der Waals surface area contributed by atoms with Crippen LogP contribution in [0, 0.1) is 12.8 Å². The number of ether oxygens (including phenoxy) is 2. The minimum Gasteiger partial charge on any atom is -0.490 e. The van der Waals surface area contributed by atoms with Crippen LogP contribution in [0.1, 0.15) is 38.7 Å². The molecule has 2 rings (SSSR count). The molecule has 0 aliphatic carbocycles. The lowest BCUT2D eigenvalue weighted by Crippen LogP contribution is -2.40. The molecule has 0 radical (unpaired) electrons. The molecule has 6 heteroatoms. The Kier molecular flexibility index (Phi) is 8.53. The van der Waals surface area contributed by atoms with Gasteiger partial charge in [0.25, 0.3) is 0 Å². The molecule has 24 heavy (non-hydrogen) atoms. The van der Waals surface area contributed by atoms with E-state index in [1.54, 1.807) is 0 Å². The SMILES string of the molecule is CCC(C)C(N)C(=O)Nc1ccc(OC2CCOCC2)c(C)c1.Cl. The zero-order valence-electron chi connectivity index (χ0n) is 14.7. The molecule has 0 aromatic heterocycles. The van der Waals surface area contributed by atoms with Crippen molar-refractivity contribution in [3.8, 4) is 5.75 Å². The van der Waals surface area contributed by atoms with Gasteiger partial charge in [-0.3, -0.25) is 4.79 Å². The lowest BCUT2D eigenvalue weighted by molar-refractivity contribution is -0.118. The van der Waals surface area contributed by atoms with Crippen LogP contribution in [-0.2, 0) is 9.53 Å². The highest BCUT2D eigenvalue weighted by atomic mass is 35.5. The molecule has 136 valence electrons. The van der Waals surface area contributed by atoms with Gasteiger partial charge in [0.1, 0.15) is 11.9 Å². The number of anilines is 1. The third-order valence-electron chi connectivity index (χ3n) is 4.46. The van der Waals surface area contributed by atoms with Gasteiger partial charge in [-0.2, -0.15) is 0 Å². The maximum Gasteiger partial charge on any atom is 0.241 e. The number of benzene rings is 1. The first-order valence-electron chi connectivity index (χ1n) is 8.42. The van der Waals surface area contributed by atoms with Crippen LogP contribution in [-0.4, -0.2) is 31.3 Å². The molecular formula is C18H29ClN2O3. The average Bonchev–Trinajstić information content (AvgIpc) is 2.56. The van der Waals surface area contributed by atoms with E-state index in [0.29, 0.717) is 0 Å². The maximum atomic E-state index is 12.1. The molecule has 2 unspecified atom stereocenters. The van der Waals surface area contributed by atoms with Crippen LogP contribution >= 0.6 is 12.4 Å². The highest BCUT2D eigenvalue weighted by Gasteiger charge is 2.20. The molecule has 0 spiro atoms. The Balaban J connectivity index is 0.00000288. The Hall–Kier alpha value is -1.30. The van der Waals surface area contributed by atoms with Crippen molar-refractivity contribution in [1.82, 2.24) is 0 Å². The molecule has 1 aromatic carbocycles. The third-order valence-corrected chi connectivity index (χ3v) is 4.46. The van der Waals surface area contributed by atoms with Gasteiger partial charge in [-0.25, -0.2) is 0 Å². The summed E-state index contributed by atoms with van der Waals surface area (Å²) >= 11 is 0. The lowest BCUT2D eigenvalue weighted by atomic mass is 9.99. The summed E-state index contributed by atoms with van der Waals surface area (Å²) in [4.78, 5) is 12.1. The van der Waals surface area contributed by atoms with E-state index in [9.17, 15) is 4.79 Å². The number of amides is 1. The Bertz CT molecular complexity index is 533. The van der Waals surface area contributed by atoms with Gasteiger partial charge in [-0.05, 0) is 36.6 Å². The van der Waals surface area contributed by atoms with Gasteiger partial charge in [0.05, 0.1) is 19.3 Å². The monoisotopic (exact) mass is 356 g/mol. The van der Waals surface area contributed by atoms with E-state index in [-0.39, 0.29) is 30.3 Å². The third kappa shape index (κ3) is 5.65. The Morgan fingerprint density at radius 3 is 2.67 bits per heavy atom. The van der Waals surface area contributed by atoms with Gasteiger partial charge in [0.2, 0.25) is 5.91 Å². The van der Waals surface area contributed by atoms with Crippen molar-refractivity contribution in [3.05, 3.63) is 23.8 Å². The number of hydrogen-bond acceptors (Lipinski definition) is 4.